The van der Waals surface area contributed by atoms with Crippen molar-refractivity contribution in [3.05, 3.63) is 38.4 Å². The Hall–Kier alpha value is -2.28. The Labute approximate surface area is 117 Å². The van der Waals surface area contributed by atoms with Crippen molar-refractivity contribution in [3.63, 3.8) is 0 Å². The number of aromatic amines is 2. The Bertz CT molecular complexity index is 886. The van der Waals surface area contributed by atoms with Gasteiger partial charge in [0.25, 0.3) is 5.56 Å². The highest BCUT2D eigenvalue weighted by atomic mass is 35.5. The van der Waals surface area contributed by atoms with Gasteiger partial charge in [-0.3, -0.25) is 14.3 Å². The molecule has 0 saturated carbocycles. The summed E-state index contributed by atoms with van der Waals surface area (Å²) in [7, 11) is 0. The number of furan rings is 1. The van der Waals surface area contributed by atoms with Gasteiger partial charge in [-0.1, -0.05) is 6.92 Å². The minimum Gasteiger partial charge on any atom is -0.452 e. The summed E-state index contributed by atoms with van der Waals surface area (Å²) in [6.45, 7) is 2.40. The van der Waals surface area contributed by atoms with E-state index >= 15 is 0 Å². The molecule has 3 heterocycles. The van der Waals surface area contributed by atoms with Gasteiger partial charge in [-0.25, -0.2) is 9.78 Å². The molecule has 0 aliphatic rings. The molecule has 0 bridgehead atoms. The van der Waals surface area contributed by atoms with E-state index in [-0.39, 0.29) is 10.7 Å². The topological polar surface area (TPSA) is 96.7 Å². The molecule has 0 fully saturated rings. The SMILES string of the molecule is CCCn1c(=O)[nH]c(=O)c2[nH]c(-c3ccoc3Cl)nc21. The van der Waals surface area contributed by atoms with Gasteiger partial charge in [0, 0.05) is 6.54 Å². The van der Waals surface area contributed by atoms with Crippen molar-refractivity contribution in [2.75, 3.05) is 0 Å². The van der Waals surface area contributed by atoms with Gasteiger partial charge in [0.05, 0.1) is 11.8 Å². The fourth-order valence-electron chi connectivity index (χ4n) is 2.06. The van der Waals surface area contributed by atoms with Crippen molar-refractivity contribution >= 4 is 22.8 Å². The summed E-state index contributed by atoms with van der Waals surface area (Å²) in [6.07, 6.45) is 2.17. The molecule has 3 aromatic rings. The zero-order valence-electron chi connectivity index (χ0n) is 10.6. The zero-order chi connectivity index (χ0) is 14.3. The fourth-order valence-corrected chi connectivity index (χ4v) is 2.27. The maximum absolute atomic E-state index is 11.8. The summed E-state index contributed by atoms with van der Waals surface area (Å²) in [4.78, 5) is 33.1. The molecule has 3 rings (SSSR count). The van der Waals surface area contributed by atoms with Gasteiger partial charge in [0.1, 0.15) is 11.3 Å². The van der Waals surface area contributed by atoms with Crippen LogP contribution in [0.25, 0.3) is 22.6 Å². The number of aryl methyl sites for hydroxylation is 1. The lowest BCUT2D eigenvalue weighted by molar-refractivity contribution is 0.570. The lowest BCUT2D eigenvalue weighted by Gasteiger charge is -2.02. The lowest BCUT2D eigenvalue weighted by atomic mass is 10.3. The molecule has 8 heteroatoms. The molecule has 0 aliphatic heterocycles. The summed E-state index contributed by atoms with van der Waals surface area (Å²) in [5.74, 6) is 0.389. The second-order valence-corrected chi connectivity index (χ2v) is 4.65. The number of rotatable bonds is 3. The Morgan fingerprint density at radius 1 is 1.40 bits per heavy atom. The van der Waals surface area contributed by atoms with Gasteiger partial charge in [0.2, 0.25) is 5.22 Å². The van der Waals surface area contributed by atoms with E-state index in [2.05, 4.69) is 15.0 Å². The van der Waals surface area contributed by atoms with Gasteiger partial charge in [-0.2, -0.15) is 0 Å². The highest BCUT2D eigenvalue weighted by Gasteiger charge is 2.16. The molecule has 0 amide bonds. The number of halogens is 1. The van der Waals surface area contributed by atoms with Crippen LogP contribution in [-0.2, 0) is 6.54 Å². The standard InChI is InChI=1S/C12H11ClN4O3/c1-2-4-17-10-7(11(18)16-12(17)19)14-9(15-10)6-3-5-20-8(6)13/h3,5H,2,4H2,1H3,(H,14,15)(H,16,18,19). The normalized spacial score (nSPS) is 11.3. The molecule has 7 nitrogen and oxygen atoms in total. The average molecular weight is 295 g/mol. The molecule has 3 aromatic heterocycles. The molecule has 0 spiro atoms. The first-order chi connectivity index (χ1) is 9.61. The van der Waals surface area contributed by atoms with Gasteiger partial charge >= 0.3 is 5.69 Å². The van der Waals surface area contributed by atoms with Crippen molar-refractivity contribution in [3.8, 4) is 11.4 Å². The number of hydrogen-bond donors (Lipinski definition) is 2. The van der Waals surface area contributed by atoms with Gasteiger partial charge < -0.3 is 9.40 Å². The predicted molar refractivity (Wildman–Crippen MR) is 74.0 cm³/mol. The molecule has 2 N–H and O–H groups in total. The quantitative estimate of drug-likeness (QED) is 0.769. The molecule has 0 saturated heterocycles. The molecule has 0 aromatic carbocycles. The Balaban J connectivity index is 2.33. The van der Waals surface area contributed by atoms with Crippen molar-refractivity contribution in [1.29, 1.82) is 0 Å². The van der Waals surface area contributed by atoms with Gasteiger partial charge in [-0.05, 0) is 24.1 Å². The van der Waals surface area contributed by atoms with Crippen LogP contribution in [0.15, 0.2) is 26.3 Å². The van der Waals surface area contributed by atoms with Crippen LogP contribution < -0.4 is 11.2 Å². The maximum atomic E-state index is 11.8. The number of nitrogens with zero attached hydrogens (tertiary/aromatic N) is 2. The lowest BCUT2D eigenvalue weighted by Crippen LogP contribution is -2.30. The van der Waals surface area contributed by atoms with Crippen molar-refractivity contribution < 1.29 is 4.42 Å². The fraction of sp³-hybridized carbons (Fsp3) is 0.250. The third-order valence-corrected chi connectivity index (χ3v) is 3.25. The predicted octanol–water partition coefficient (Wildman–Crippen LogP) is 1.74. The van der Waals surface area contributed by atoms with E-state index in [1.807, 2.05) is 6.92 Å². The summed E-state index contributed by atoms with van der Waals surface area (Å²) in [6, 6.07) is 1.64. The second-order valence-electron chi connectivity index (χ2n) is 4.30. The average Bonchev–Trinajstić information content (AvgIpc) is 3.00. The molecule has 0 atom stereocenters. The number of nitrogens with one attached hydrogen (secondary N) is 2. The summed E-state index contributed by atoms with van der Waals surface area (Å²) >= 11 is 5.89. The van der Waals surface area contributed by atoms with E-state index in [1.165, 1.54) is 10.8 Å². The van der Waals surface area contributed by atoms with Crippen LogP contribution in [0.2, 0.25) is 5.22 Å². The van der Waals surface area contributed by atoms with Crippen LogP contribution in [-0.4, -0.2) is 19.5 Å². The molecule has 0 unspecified atom stereocenters. The van der Waals surface area contributed by atoms with Crippen LogP contribution >= 0.6 is 11.6 Å². The van der Waals surface area contributed by atoms with E-state index in [9.17, 15) is 9.59 Å². The number of aromatic nitrogens is 4. The van der Waals surface area contributed by atoms with Gasteiger partial charge in [0.15, 0.2) is 5.65 Å². The molecular weight excluding hydrogens is 284 g/mol. The van der Waals surface area contributed by atoms with Crippen LogP contribution in [0.3, 0.4) is 0 Å². The number of hydrogen-bond acceptors (Lipinski definition) is 4. The molecule has 104 valence electrons. The molecule has 0 aliphatic carbocycles. The number of H-pyrrole nitrogens is 2. The Morgan fingerprint density at radius 3 is 2.85 bits per heavy atom. The molecule has 20 heavy (non-hydrogen) atoms. The van der Waals surface area contributed by atoms with Crippen LogP contribution in [0.4, 0.5) is 0 Å². The van der Waals surface area contributed by atoms with E-state index in [0.29, 0.717) is 23.6 Å². The van der Waals surface area contributed by atoms with E-state index in [1.54, 1.807) is 6.07 Å². The van der Waals surface area contributed by atoms with Crippen LogP contribution in [0.1, 0.15) is 13.3 Å². The first kappa shape index (κ1) is 12.7. The monoisotopic (exact) mass is 294 g/mol. The van der Waals surface area contributed by atoms with E-state index in [0.717, 1.165) is 6.42 Å². The highest BCUT2D eigenvalue weighted by molar-refractivity contribution is 6.31. The molecule has 0 radical (unpaired) electrons. The maximum Gasteiger partial charge on any atom is 0.330 e. The Kier molecular flexibility index (Phi) is 2.98. The largest absolute Gasteiger partial charge is 0.452 e. The number of imidazole rings is 1. The first-order valence-electron chi connectivity index (χ1n) is 6.08. The molecular formula is C12H11ClN4O3. The van der Waals surface area contributed by atoms with Gasteiger partial charge in [-0.15, -0.1) is 0 Å². The minimum atomic E-state index is -0.504. The second kappa shape index (κ2) is 4.68. The van der Waals surface area contributed by atoms with E-state index < -0.39 is 11.2 Å². The Morgan fingerprint density at radius 2 is 2.20 bits per heavy atom. The highest BCUT2D eigenvalue weighted by Crippen LogP contribution is 2.27. The van der Waals surface area contributed by atoms with Crippen molar-refractivity contribution in [2.45, 2.75) is 19.9 Å². The third-order valence-electron chi connectivity index (χ3n) is 2.95. The first-order valence-corrected chi connectivity index (χ1v) is 6.45. The van der Waals surface area contributed by atoms with Crippen LogP contribution in [0, 0.1) is 0 Å². The summed E-state index contributed by atoms with van der Waals surface area (Å²) in [5, 5.41) is 0.171. The zero-order valence-corrected chi connectivity index (χ0v) is 11.3. The summed E-state index contributed by atoms with van der Waals surface area (Å²) in [5.41, 5.74) is 0.118. The van der Waals surface area contributed by atoms with Crippen molar-refractivity contribution in [2.24, 2.45) is 0 Å². The van der Waals surface area contributed by atoms with E-state index in [4.69, 9.17) is 16.0 Å². The van der Waals surface area contributed by atoms with Crippen molar-refractivity contribution in [1.82, 2.24) is 19.5 Å². The van der Waals surface area contributed by atoms with Crippen LogP contribution in [0.5, 0.6) is 0 Å². The summed E-state index contributed by atoms with van der Waals surface area (Å²) < 4.78 is 6.42. The minimum absolute atomic E-state index is 0.171. The number of fused-ring (bicyclic) bond motifs is 1. The smallest absolute Gasteiger partial charge is 0.330 e. The third kappa shape index (κ3) is 1.87.